The monoisotopic (exact) mass is 182 g/mol. The molecule has 0 spiro atoms. The van der Waals surface area contributed by atoms with Gasteiger partial charge in [0.1, 0.15) is 0 Å². The van der Waals surface area contributed by atoms with Crippen molar-refractivity contribution < 1.29 is 9.90 Å². The molecule has 0 unspecified atom stereocenters. The summed E-state index contributed by atoms with van der Waals surface area (Å²) >= 11 is 0. The van der Waals surface area contributed by atoms with E-state index in [0.717, 1.165) is 5.69 Å². The Morgan fingerprint density at radius 3 is 2.77 bits per heavy atom. The standard InChI is InChI=1S/C9H14N2O2/c1-6(2)8(9(12)13)3-7-4-10-5-11-7/h4-6,8H,3H2,1-2H3,(H,10,11)(H,12,13)/t8-/m0/s1. The maximum atomic E-state index is 10.8. The lowest BCUT2D eigenvalue weighted by atomic mass is 9.92. The number of rotatable bonds is 4. The summed E-state index contributed by atoms with van der Waals surface area (Å²) in [6.07, 6.45) is 3.80. The highest BCUT2D eigenvalue weighted by Crippen LogP contribution is 2.15. The molecule has 1 heterocycles. The van der Waals surface area contributed by atoms with E-state index in [1.165, 1.54) is 0 Å². The van der Waals surface area contributed by atoms with Gasteiger partial charge in [-0.25, -0.2) is 4.98 Å². The highest BCUT2D eigenvalue weighted by atomic mass is 16.4. The number of carboxylic acid groups (broad SMARTS) is 1. The molecule has 4 heteroatoms. The van der Waals surface area contributed by atoms with Crippen molar-refractivity contribution in [3.8, 4) is 0 Å². The molecule has 0 radical (unpaired) electrons. The lowest BCUT2D eigenvalue weighted by Gasteiger charge is -2.14. The van der Waals surface area contributed by atoms with Crippen LogP contribution in [0.2, 0.25) is 0 Å². The summed E-state index contributed by atoms with van der Waals surface area (Å²) in [7, 11) is 0. The Kier molecular flexibility index (Phi) is 3.06. The summed E-state index contributed by atoms with van der Waals surface area (Å²) < 4.78 is 0. The van der Waals surface area contributed by atoms with Crippen LogP contribution < -0.4 is 0 Å². The summed E-state index contributed by atoms with van der Waals surface area (Å²) in [6.45, 7) is 3.82. The van der Waals surface area contributed by atoms with E-state index in [-0.39, 0.29) is 11.8 Å². The number of hydrogen-bond donors (Lipinski definition) is 2. The van der Waals surface area contributed by atoms with Gasteiger partial charge >= 0.3 is 5.97 Å². The average molecular weight is 182 g/mol. The van der Waals surface area contributed by atoms with Gasteiger partial charge in [0.05, 0.1) is 17.9 Å². The molecule has 1 aromatic heterocycles. The van der Waals surface area contributed by atoms with Crippen molar-refractivity contribution in [2.24, 2.45) is 11.8 Å². The molecule has 0 aliphatic carbocycles. The Bertz CT molecular complexity index is 267. The molecule has 2 N–H and O–H groups in total. The van der Waals surface area contributed by atoms with Gasteiger partial charge in [0.2, 0.25) is 0 Å². The van der Waals surface area contributed by atoms with Crippen LogP contribution in [-0.2, 0) is 11.2 Å². The summed E-state index contributed by atoms with van der Waals surface area (Å²) in [4.78, 5) is 17.6. The predicted molar refractivity (Wildman–Crippen MR) is 48.3 cm³/mol. The first kappa shape index (κ1) is 9.77. The molecule has 72 valence electrons. The van der Waals surface area contributed by atoms with Crippen molar-refractivity contribution in [3.63, 3.8) is 0 Å². The lowest BCUT2D eigenvalue weighted by molar-refractivity contribution is -0.143. The number of aromatic nitrogens is 2. The second kappa shape index (κ2) is 4.07. The number of nitrogens with zero attached hydrogens (tertiary/aromatic N) is 1. The molecule has 0 saturated heterocycles. The minimum atomic E-state index is -0.752. The molecular weight excluding hydrogens is 168 g/mol. The molecule has 0 saturated carbocycles. The van der Waals surface area contributed by atoms with E-state index >= 15 is 0 Å². The van der Waals surface area contributed by atoms with Gasteiger partial charge in [-0.2, -0.15) is 0 Å². The Hall–Kier alpha value is -1.32. The predicted octanol–water partition coefficient (Wildman–Crippen LogP) is 1.31. The molecule has 0 fully saturated rings. The molecule has 0 aromatic carbocycles. The van der Waals surface area contributed by atoms with Crippen molar-refractivity contribution in [1.82, 2.24) is 9.97 Å². The largest absolute Gasteiger partial charge is 0.481 e. The van der Waals surface area contributed by atoms with Crippen LogP contribution in [0.3, 0.4) is 0 Å². The van der Waals surface area contributed by atoms with Crippen LogP contribution in [0, 0.1) is 11.8 Å². The normalized spacial score (nSPS) is 13.2. The van der Waals surface area contributed by atoms with Gasteiger partial charge in [0, 0.05) is 12.6 Å². The van der Waals surface area contributed by atoms with Gasteiger partial charge in [-0.15, -0.1) is 0 Å². The second-order valence-corrected chi connectivity index (χ2v) is 3.45. The van der Waals surface area contributed by atoms with Crippen molar-refractivity contribution >= 4 is 5.97 Å². The van der Waals surface area contributed by atoms with Crippen molar-refractivity contribution in [2.75, 3.05) is 0 Å². The van der Waals surface area contributed by atoms with E-state index in [4.69, 9.17) is 5.11 Å². The maximum Gasteiger partial charge on any atom is 0.307 e. The van der Waals surface area contributed by atoms with Gasteiger partial charge in [-0.1, -0.05) is 13.8 Å². The molecule has 4 nitrogen and oxygen atoms in total. The maximum absolute atomic E-state index is 10.8. The van der Waals surface area contributed by atoms with E-state index in [1.54, 1.807) is 12.5 Å². The van der Waals surface area contributed by atoms with Gasteiger partial charge in [-0.3, -0.25) is 4.79 Å². The SMILES string of the molecule is CC(C)[C@H](Cc1c[nH]cn1)C(=O)O. The number of aliphatic carboxylic acids is 1. The molecule has 0 aliphatic heterocycles. The van der Waals surface area contributed by atoms with Gasteiger partial charge in [-0.05, 0) is 5.92 Å². The highest BCUT2D eigenvalue weighted by molar-refractivity contribution is 5.70. The fraction of sp³-hybridized carbons (Fsp3) is 0.556. The summed E-state index contributed by atoms with van der Waals surface area (Å²) in [6, 6.07) is 0. The molecule has 0 bridgehead atoms. The van der Waals surface area contributed by atoms with Crippen LogP contribution in [0.1, 0.15) is 19.5 Å². The quantitative estimate of drug-likeness (QED) is 0.737. The number of aromatic amines is 1. The Morgan fingerprint density at radius 2 is 2.38 bits per heavy atom. The third kappa shape index (κ3) is 2.57. The Labute approximate surface area is 77.0 Å². The number of hydrogen-bond acceptors (Lipinski definition) is 2. The number of carboxylic acids is 1. The van der Waals surface area contributed by atoms with E-state index < -0.39 is 5.97 Å². The van der Waals surface area contributed by atoms with E-state index in [1.807, 2.05) is 13.8 Å². The zero-order valence-corrected chi connectivity index (χ0v) is 7.82. The fourth-order valence-corrected chi connectivity index (χ4v) is 1.24. The number of imidazole rings is 1. The third-order valence-corrected chi connectivity index (χ3v) is 2.11. The van der Waals surface area contributed by atoms with E-state index in [9.17, 15) is 4.79 Å². The lowest BCUT2D eigenvalue weighted by Crippen LogP contribution is -2.22. The van der Waals surface area contributed by atoms with Crippen molar-refractivity contribution in [2.45, 2.75) is 20.3 Å². The average Bonchev–Trinajstić information content (AvgIpc) is 2.50. The van der Waals surface area contributed by atoms with Crippen LogP contribution in [-0.4, -0.2) is 21.0 Å². The van der Waals surface area contributed by atoms with E-state index in [2.05, 4.69) is 9.97 Å². The number of carbonyl (C=O) groups is 1. The number of H-pyrrole nitrogens is 1. The first-order valence-corrected chi connectivity index (χ1v) is 4.31. The molecule has 1 aromatic rings. The smallest absolute Gasteiger partial charge is 0.307 e. The van der Waals surface area contributed by atoms with Crippen LogP contribution in [0.4, 0.5) is 0 Å². The van der Waals surface area contributed by atoms with Gasteiger partial charge < -0.3 is 10.1 Å². The van der Waals surface area contributed by atoms with Crippen molar-refractivity contribution in [3.05, 3.63) is 18.2 Å². The topological polar surface area (TPSA) is 66.0 Å². The molecule has 13 heavy (non-hydrogen) atoms. The summed E-state index contributed by atoms with van der Waals surface area (Å²) in [5, 5.41) is 8.90. The second-order valence-electron chi connectivity index (χ2n) is 3.45. The van der Waals surface area contributed by atoms with Crippen LogP contribution in [0.25, 0.3) is 0 Å². The highest BCUT2D eigenvalue weighted by Gasteiger charge is 2.22. The Balaban J connectivity index is 2.63. The van der Waals surface area contributed by atoms with Gasteiger partial charge in [0.25, 0.3) is 0 Å². The molecule has 1 atom stereocenters. The summed E-state index contributed by atoms with van der Waals surface area (Å²) in [5.74, 6) is -0.963. The molecular formula is C9H14N2O2. The van der Waals surface area contributed by atoms with Crippen LogP contribution in [0.5, 0.6) is 0 Å². The van der Waals surface area contributed by atoms with E-state index in [0.29, 0.717) is 6.42 Å². The first-order valence-electron chi connectivity index (χ1n) is 4.31. The zero-order valence-electron chi connectivity index (χ0n) is 7.82. The van der Waals surface area contributed by atoms with Crippen LogP contribution in [0.15, 0.2) is 12.5 Å². The molecule has 0 aliphatic rings. The van der Waals surface area contributed by atoms with Gasteiger partial charge in [0.15, 0.2) is 0 Å². The number of nitrogens with one attached hydrogen (secondary N) is 1. The minimum Gasteiger partial charge on any atom is -0.481 e. The minimum absolute atomic E-state index is 0.134. The van der Waals surface area contributed by atoms with Crippen LogP contribution >= 0.6 is 0 Å². The first-order chi connectivity index (χ1) is 6.11. The third-order valence-electron chi connectivity index (χ3n) is 2.11. The molecule has 1 rings (SSSR count). The fourth-order valence-electron chi connectivity index (χ4n) is 1.24. The Morgan fingerprint density at radius 1 is 1.69 bits per heavy atom. The zero-order chi connectivity index (χ0) is 9.84. The molecule has 0 amide bonds. The summed E-state index contributed by atoms with van der Waals surface area (Å²) in [5.41, 5.74) is 0.807. The van der Waals surface area contributed by atoms with Crippen molar-refractivity contribution in [1.29, 1.82) is 0 Å².